The minimum absolute atomic E-state index is 0.340. The Balaban J connectivity index is 2.15. The van der Waals surface area contributed by atoms with Crippen LogP contribution in [-0.2, 0) is 6.54 Å². The molecule has 1 aromatic carbocycles. The van der Waals surface area contributed by atoms with Crippen LogP contribution in [0.1, 0.15) is 40.0 Å². The second kappa shape index (κ2) is 5.06. The molecule has 0 bridgehead atoms. The summed E-state index contributed by atoms with van der Waals surface area (Å²) in [4.78, 5) is 11.7. The number of aryl methyl sites for hydroxylation is 2. The van der Waals surface area contributed by atoms with Gasteiger partial charge in [-0.3, -0.25) is 4.79 Å². The van der Waals surface area contributed by atoms with E-state index < -0.39 is 0 Å². The van der Waals surface area contributed by atoms with E-state index in [1.165, 1.54) is 29.5 Å². The highest BCUT2D eigenvalue weighted by Gasteiger charge is 2.25. The maximum atomic E-state index is 11.7. The zero-order chi connectivity index (χ0) is 15.1. The fraction of sp³-hybridized carbons (Fsp3) is 0.389. The van der Waals surface area contributed by atoms with Crippen LogP contribution >= 0.6 is 0 Å². The van der Waals surface area contributed by atoms with Crippen LogP contribution in [0.4, 0.5) is 0 Å². The van der Waals surface area contributed by atoms with Crippen LogP contribution in [0.15, 0.2) is 24.3 Å². The van der Waals surface area contributed by atoms with Crippen molar-refractivity contribution >= 4 is 5.91 Å². The van der Waals surface area contributed by atoms with E-state index in [9.17, 15) is 4.79 Å². The quantitative estimate of drug-likeness (QED) is 0.915. The van der Waals surface area contributed by atoms with E-state index in [0.717, 1.165) is 23.9 Å². The molecule has 1 heterocycles. The van der Waals surface area contributed by atoms with Crippen molar-refractivity contribution in [3.8, 4) is 11.3 Å². The van der Waals surface area contributed by atoms with E-state index in [2.05, 4.69) is 36.6 Å². The van der Waals surface area contributed by atoms with Crippen molar-refractivity contribution in [2.45, 2.75) is 40.2 Å². The highest BCUT2D eigenvalue weighted by atomic mass is 16.1. The number of amides is 1. The average molecular weight is 282 g/mol. The Kier molecular flexibility index (Phi) is 3.36. The predicted molar refractivity (Wildman–Crippen MR) is 85.3 cm³/mol. The second-order valence-electron chi connectivity index (χ2n) is 6.27. The molecule has 3 rings (SSSR count). The summed E-state index contributed by atoms with van der Waals surface area (Å²) in [6.45, 7) is 7.20. The fourth-order valence-corrected chi connectivity index (χ4v) is 3.01. The number of carbonyl (C=O) groups is 1. The summed E-state index contributed by atoms with van der Waals surface area (Å²) in [5.74, 6) is 0.411. The van der Waals surface area contributed by atoms with Gasteiger partial charge in [-0.25, -0.2) is 0 Å². The molecule has 0 aliphatic heterocycles. The molecular formula is C18H22N2O. The van der Waals surface area contributed by atoms with Crippen molar-refractivity contribution in [1.82, 2.24) is 4.57 Å². The number of nitrogens with two attached hydrogens (primary N) is 1. The van der Waals surface area contributed by atoms with Gasteiger partial charge in [0.2, 0.25) is 0 Å². The summed E-state index contributed by atoms with van der Waals surface area (Å²) in [5.41, 5.74) is 12.0. The summed E-state index contributed by atoms with van der Waals surface area (Å²) in [5, 5.41) is 0. The first kappa shape index (κ1) is 13.9. The normalized spacial score (nSPS) is 14.4. The summed E-state index contributed by atoms with van der Waals surface area (Å²) in [6.07, 6.45) is 2.58. The van der Waals surface area contributed by atoms with Gasteiger partial charge in [-0.2, -0.15) is 0 Å². The van der Waals surface area contributed by atoms with E-state index in [-0.39, 0.29) is 5.91 Å². The zero-order valence-corrected chi connectivity index (χ0v) is 12.9. The molecule has 1 aromatic heterocycles. The van der Waals surface area contributed by atoms with Gasteiger partial charge in [0.1, 0.15) is 0 Å². The number of aromatic nitrogens is 1. The third-order valence-electron chi connectivity index (χ3n) is 4.43. The molecule has 1 aliphatic carbocycles. The lowest BCUT2D eigenvalue weighted by atomic mass is 10.0. The van der Waals surface area contributed by atoms with Crippen LogP contribution in [0.25, 0.3) is 11.3 Å². The van der Waals surface area contributed by atoms with E-state index >= 15 is 0 Å². The molecule has 3 nitrogen and oxygen atoms in total. The Morgan fingerprint density at radius 1 is 1.24 bits per heavy atom. The summed E-state index contributed by atoms with van der Waals surface area (Å²) >= 11 is 0. The smallest absolute Gasteiger partial charge is 0.250 e. The molecule has 1 saturated carbocycles. The van der Waals surface area contributed by atoms with Crippen LogP contribution in [-0.4, -0.2) is 10.5 Å². The third-order valence-corrected chi connectivity index (χ3v) is 4.43. The van der Waals surface area contributed by atoms with Gasteiger partial charge < -0.3 is 10.3 Å². The molecule has 2 aromatic rings. The van der Waals surface area contributed by atoms with Crippen molar-refractivity contribution in [2.75, 3.05) is 0 Å². The number of carbonyl (C=O) groups excluding carboxylic acids is 1. The van der Waals surface area contributed by atoms with E-state index in [1.807, 2.05) is 13.0 Å². The van der Waals surface area contributed by atoms with Gasteiger partial charge in [0.25, 0.3) is 5.91 Å². The molecule has 3 heteroatoms. The first-order valence-electron chi connectivity index (χ1n) is 7.55. The van der Waals surface area contributed by atoms with Gasteiger partial charge >= 0.3 is 0 Å². The van der Waals surface area contributed by atoms with Crippen LogP contribution in [0, 0.1) is 26.7 Å². The molecule has 1 fully saturated rings. The molecule has 2 N–H and O–H groups in total. The van der Waals surface area contributed by atoms with E-state index in [1.54, 1.807) is 0 Å². The van der Waals surface area contributed by atoms with E-state index in [0.29, 0.717) is 5.56 Å². The summed E-state index contributed by atoms with van der Waals surface area (Å²) in [7, 11) is 0. The van der Waals surface area contributed by atoms with Gasteiger partial charge in [-0.1, -0.05) is 23.8 Å². The van der Waals surface area contributed by atoms with Gasteiger partial charge in [0.05, 0.1) is 5.56 Å². The Morgan fingerprint density at radius 3 is 2.52 bits per heavy atom. The molecule has 0 saturated heterocycles. The lowest BCUT2D eigenvalue weighted by Crippen LogP contribution is -2.12. The monoisotopic (exact) mass is 282 g/mol. The van der Waals surface area contributed by atoms with Crippen LogP contribution in [0.3, 0.4) is 0 Å². The van der Waals surface area contributed by atoms with Crippen LogP contribution in [0.2, 0.25) is 0 Å². The first-order chi connectivity index (χ1) is 9.97. The number of primary amides is 1. The van der Waals surface area contributed by atoms with Gasteiger partial charge in [0.15, 0.2) is 0 Å². The molecule has 110 valence electrons. The summed E-state index contributed by atoms with van der Waals surface area (Å²) in [6, 6.07) is 8.41. The Labute approximate surface area is 125 Å². The minimum Gasteiger partial charge on any atom is -0.366 e. The zero-order valence-electron chi connectivity index (χ0n) is 12.9. The molecule has 21 heavy (non-hydrogen) atoms. The third kappa shape index (κ3) is 2.60. The van der Waals surface area contributed by atoms with Crippen molar-refractivity contribution in [3.05, 3.63) is 46.6 Å². The molecule has 1 aliphatic rings. The second-order valence-corrected chi connectivity index (χ2v) is 6.27. The number of benzene rings is 1. The van der Waals surface area contributed by atoms with E-state index in [4.69, 9.17) is 5.73 Å². The largest absolute Gasteiger partial charge is 0.366 e. The van der Waals surface area contributed by atoms with Gasteiger partial charge in [0, 0.05) is 23.5 Å². The van der Waals surface area contributed by atoms with Crippen molar-refractivity contribution in [2.24, 2.45) is 11.7 Å². The molecule has 0 unspecified atom stereocenters. The highest BCUT2D eigenvalue weighted by molar-refractivity contribution is 5.95. The van der Waals surface area contributed by atoms with Crippen molar-refractivity contribution in [1.29, 1.82) is 0 Å². The molecule has 1 amide bonds. The SMILES string of the molecule is Cc1ccc(-c2cc(C(N)=O)c(C)n2CC2CC2)c(C)c1. The standard InChI is InChI=1S/C18H22N2O/c1-11-4-7-15(12(2)8-11)17-9-16(18(19)21)13(3)20(17)10-14-5-6-14/h4,7-9,14H,5-6,10H2,1-3H3,(H2,19,21). The topological polar surface area (TPSA) is 48.0 Å². The van der Waals surface area contributed by atoms with Crippen molar-refractivity contribution in [3.63, 3.8) is 0 Å². The predicted octanol–water partition coefficient (Wildman–Crippen LogP) is 3.59. The summed E-state index contributed by atoms with van der Waals surface area (Å²) < 4.78 is 2.27. The lowest BCUT2D eigenvalue weighted by molar-refractivity contribution is 0.0999. The number of rotatable bonds is 4. The lowest BCUT2D eigenvalue weighted by Gasteiger charge is -2.13. The molecule has 0 atom stereocenters. The number of hydrogen-bond donors (Lipinski definition) is 1. The Morgan fingerprint density at radius 2 is 1.95 bits per heavy atom. The minimum atomic E-state index is -0.340. The average Bonchev–Trinajstić information content (AvgIpc) is 3.16. The molecule has 0 radical (unpaired) electrons. The van der Waals surface area contributed by atoms with Crippen LogP contribution < -0.4 is 5.73 Å². The number of nitrogens with zero attached hydrogens (tertiary/aromatic N) is 1. The number of hydrogen-bond acceptors (Lipinski definition) is 1. The first-order valence-corrected chi connectivity index (χ1v) is 7.55. The van der Waals surface area contributed by atoms with Gasteiger partial charge in [-0.15, -0.1) is 0 Å². The molecular weight excluding hydrogens is 260 g/mol. The Hall–Kier alpha value is -2.03. The van der Waals surface area contributed by atoms with Gasteiger partial charge in [-0.05, 0) is 51.2 Å². The molecule has 0 spiro atoms. The van der Waals surface area contributed by atoms with Crippen molar-refractivity contribution < 1.29 is 4.79 Å². The highest BCUT2D eigenvalue weighted by Crippen LogP contribution is 2.35. The fourth-order valence-electron chi connectivity index (χ4n) is 3.01. The van der Waals surface area contributed by atoms with Crippen LogP contribution in [0.5, 0.6) is 0 Å². The maximum absolute atomic E-state index is 11.7. The Bertz CT molecular complexity index is 708. The maximum Gasteiger partial charge on any atom is 0.250 e.